The number of nitrogens with one attached hydrogen (secondary N) is 4. The molecule has 0 aromatic carbocycles. The van der Waals surface area contributed by atoms with Crippen molar-refractivity contribution in [1.29, 1.82) is 0 Å². The number of carbonyl (C=O) groups is 4. The average Bonchev–Trinajstić information content (AvgIpc) is 2.94. The molecule has 0 heterocycles. The van der Waals surface area contributed by atoms with Crippen molar-refractivity contribution in [3.63, 3.8) is 0 Å². The third kappa shape index (κ3) is 8.03. The summed E-state index contributed by atoms with van der Waals surface area (Å²) in [6, 6.07) is 1.24. The SMILES string of the molecule is CNC1CCC(NC(=O)C2CCC(C(=O)NC3CCC(NC(=O)C4CCC(C(C)=O)CC4)CC3)CC2)CC1. The van der Waals surface area contributed by atoms with Crippen molar-refractivity contribution in [3.8, 4) is 0 Å². The molecule has 8 heteroatoms. The fourth-order valence-electron chi connectivity index (χ4n) is 7.25. The molecule has 0 atom stereocenters. The predicted octanol–water partition coefficient (Wildman–Crippen LogP) is 3.38. The van der Waals surface area contributed by atoms with E-state index >= 15 is 0 Å². The van der Waals surface area contributed by atoms with Gasteiger partial charge in [0.05, 0.1) is 0 Å². The number of amides is 3. The molecule has 0 aliphatic heterocycles. The van der Waals surface area contributed by atoms with Crippen LogP contribution in [0.3, 0.4) is 0 Å². The van der Waals surface area contributed by atoms with E-state index in [1.807, 2.05) is 7.05 Å². The highest BCUT2D eigenvalue weighted by molar-refractivity contribution is 5.82. The zero-order valence-electron chi connectivity index (χ0n) is 23.6. The van der Waals surface area contributed by atoms with Crippen LogP contribution >= 0.6 is 0 Å². The van der Waals surface area contributed by atoms with Gasteiger partial charge in [-0.15, -0.1) is 0 Å². The average molecular weight is 531 g/mol. The minimum Gasteiger partial charge on any atom is -0.353 e. The Morgan fingerprint density at radius 2 is 0.684 bits per heavy atom. The molecule has 4 rings (SSSR count). The normalized spacial score (nSPS) is 36.1. The molecule has 38 heavy (non-hydrogen) atoms. The Hall–Kier alpha value is -1.96. The van der Waals surface area contributed by atoms with E-state index in [0.717, 1.165) is 103 Å². The lowest BCUT2D eigenvalue weighted by Gasteiger charge is -2.34. The molecule has 4 fully saturated rings. The second kappa shape index (κ2) is 13.9. The van der Waals surface area contributed by atoms with Crippen LogP contribution in [0.25, 0.3) is 0 Å². The van der Waals surface area contributed by atoms with Crippen LogP contribution in [0.5, 0.6) is 0 Å². The van der Waals surface area contributed by atoms with Crippen LogP contribution in [0.15, 0.2) is 0 Å². The van der Waals surface area contributed by atoms with Gasteiger partial charge < -0.3 is 21.3 Å². The summed E-state index contributed by atoms with van der Waals surface area (Å²) in [5.41, 5.74) is 0. The lowest BCUT2D eigenvalue weighted by atomic mass is 9.79. The molecular weight excluding hydrogens is 480 g/mol. The van der Waals surface area contributed by atoms with Crippen molar-refractivity contribution in [2.24, 2.45) is 23.7 Å². The lowest BCUT2D eigenvalue weighted by Crippen LogP contribution is -2.47. The summed E-state index contributed by atoms with van der Waals surface area (Å²) < 4.78 is 0. The maximum absolute atomic E-state index is 12.9. The van der Waals surface area contributed by atoms with Crippen molar-refractivity contribution in [2.45, 2.75) is 134 Å². The zero-order chi connectivity index (χ0) is 27.1. The summed E-state index contributed by atoms with van der Waals surface area (Å²) in [5.74, 6) is 0.942. The van der Waals surface area contributed by atoms with E-state index in [4.69, 9.17) is 0 Å². The Labute approximate surface area is 228 Å². The van der Waals surface area contributed by atoms with E-state index in [1.165, 1.54) is 0 Å². The summed E-state index contributed by atoms with van der Waals surface area (Å²) in [7, 11) is 2.01. The molecule has 4 aliphatic carbocycles. The molecule has 4 N–H and O–H groups in total. The van der Waals surface area contributed by atoms with Gasteiger partial charge in [0.2, 0.25) is 17.7 Å². The topological polar surface area (TPSA) is 116 Å². The maximum atomic E-state index is 12.9. The smallest absolute Gasteiger partial charge is 0.223 e. The molecule has 4 aliphatic rings. The van der Waals surface area contributed by atoms with Gasteiger partial charge >= 0.3 is 0 Å². The van der Waals surface area contributed by atoms with Crippen LogP contribution in [-0.2, 0) is 19.2 Å². The summed E-state index contributed by atoms with van der Waals surface area (Å²) in [6.45, 7) is 1.66. The van der Waals surface area contributed by atoms with Gasteiger partial charge in [-0.3, -0.25) is 19.2 Å². The first-order valence-corrected chi connectivity index (χ1v) is 15.4. The molecule has 0 aromatic heterocycles. The second-order valence-electron chi connectivity index (χ2n) is 12.6. The molecule has 0 unspecified atom stereocenters. The molecule has 0 saturated heterocycles. The zero-order valence-corrected chi connectivity index (χ0v) is 23.6. The van der Waals surface area contributed by atoms with E-state index in [-0.39, 0.29) is 59.3 Å². The molecule has 0 aromatic rings. The van der Waals surface area contributed by atoms with Gasteiger partial charge in [-0.05, 0) is 117 Å². The Kier molecular flexibility index (Phi) is 10.6. The fraction of sp³-hybridized carbons (Fsp3) is 0.867. The largest absolute Gasteiger partial charge is 0.353 e. The highest BCUT2D eigenvalue weighted by Crippen LogP contribution is 2.32. The molecule has 0 radical (unpaired) electrons. The second-order valence-corrected chi connectivity index (χ2v) is 12.6. The number of rotatable bonds is 8. The van der Waals surface area contributed by atoms with Crippen LogP contribution in [-0.4, -0.2) is 54.7 Å². The monoisotopic (exact) mass is 530 g/mol. The van der Waals surface area contributed by atoms with Gasteiger partial charge in [-0.25, -0.2) is 0 Å². The highest BCUT2D eigenvalue weighted by atomic mass is 16.2. The molecule has 0 spiro atoms. The minimum atomic E-state index is 0.00711. The summed E-state index contributed by atoms with van der Waals surface area (Å²) in [4.78, 5) is 50.0. The van der Waals surface area contributed by atoms with Gasteiger partial charge in [0.15, 0.2) is 0 Å². The van der Waals surface area contributed by atoms with Crippen molar-refractivity contribution in [1.82, 2.24) is 21.3 Å². The molecule has 8 nitrogen and oxygen atoms in total. The number of carbonyl (C=O) groups excluding carboxylic acids is 4. The molecule has 0 bridgehead atoms. The first-order valence-electron chi connectivity index (χ1n) is 15.4. The Morgan fingerprint density at radius 3 is 0.947 bits per heavy atom. The summed E-state index contributed by atoms with van der Waals surface area (Å²) in [5, 5.41) is 13.1. The number of Topliss-reactive ketones (excluding diaryl/α,β-unsaturated/α-hetero) is 1. The number of hydrogen-bond acceptors (Lipinski definition) is 5. The molecule has 3 amide bonds. The van der Waals surface area contributed by atoms with Crippen LogP contribution in [0.1, 0.15) is 110 Å². The standard InChI is InChI=1S/C30H50N4O4/c1-19(35)20-3-5-21(6-4-20)28(36)33-26-15-17-27(18-16-26)34-30(38)23-9-7-22(8-10-23)29(37)32-25-13-11-24(31-2)12-14-25/h20-27,31H,3-18H2,1-2H3,(H,32,37)(H,33,36)(H,34,38). The highest BCUT2D eigenvalue weighted by Gasteiger charge is 2.34. The van der Waals surface area contributed by atoms with Gasteiger partial charge in [0.1, 0.15) is 5.78 Å². The minimum absolute atomic E-state index is 0.00711. The van der Waals surface area contributed by atoms with Crippen molar-refractivity contribution < 1.29 is 19.2 Å². The quantitative estimate of drug-likeness (QED) is 0.384. The van der Waals surface area contributed by atoms with Gasteiger partial charge in [0, 0.05) is 47.8 Å². The third-order valence-electron chi connectivity index (χ3n) is 10.0. The van der Waals surface area contributed by atoms with E-state index in [0.29, 0.717) is 12.1 Å². The van der Waals surface area contributed by atoms with Gasteiger partial charge in [0.25, 0.3) is 0 Å². The first kappa shape index (κ1) is 29.0. The Bertz CT molecular complexity index is 816. The predicted molar refractivity (Wildman–Crippen MR) is 147 cm³/mol. The van der Waals surface area contributed by atoms with Crippen LogP contribution in [0.2, 0.25) is 0 Å². The third-order valence-corrected chi connectivity index (χ3v) is 10.0. The van der Waals surface area contributed by atoms with Crippen molar-refractivity contribution in [2.75, 3.05) is 7.05 Å². The van der Waals surface area contributed by atoms with E-state index < -0.39 is 0 Å². The molecule has 214 valence electrons. The first-order chi connectivity index (χ1) is 18.3. The summed E-state index contributed by atoms with van der Waals surface area (Å²) in [6.07, 6.45) is 14.3. The van der Waals surface area contributed by atoms with Gasteiger partial charge in [-0.1, -0.05) is 0 Å². The van der Waals surface area contributed by atoms with E-state index in [9.17, 15) is 19.2 Å². The number of ketones is 1. The Balaban J connectivity index is 1.09. The Morgan fingerprint density at radius 1 is 0.421 bits per heavy atom. The van der Waals surface area contributed by atoms with E-state index in [1.54, 1.807) is 6.92 Å². The lowest BCUT2D eigenvalue weighted by molar-refractivity contribution is -0.131. The van der Waals surface area contributed by atoms with Crippen LogP contribution < -0.4 is 21.3 Å². The number of hydrogen-bond donors (Lipinski definition) is 4. The fourth-order valence-corrected chi connectivity index (χ4v) is 7.25. The van der Waals surface area contributed by atoms with Crippen molar-refractivity contribution in [3.05, 3.63) is 0 Å². The van der Waals surface area contributed by atoms with Crippen molar-refractivity contribution >= 4 is 23.5 Å². The van der Waals surface area contributed by atoms with Gasteiger partial charge in [-0.2, -0.15) is 0 Å². The maximum Gasteiger partial charge on any atom is 0.223 e. The van der Waals surface area contributed by atoms with Crippen LogP contribution in [0, 0.1) is 23.7 Å². The summed E-state index contributed by atoms with van der Waals surface area (Å²) >= 11 is 0. The molecule has 4 saturated carbocycles. The van der Waals surface area contributed by atoms with E-state index in [2.05, 4.69) is 21.3 Å². The molecular formula is C30H50N4O4. The van der Waals surface area contributed by atoms with Crippen LogP contribution in [0.4, 0.5) is 0 Å².